The van der Waals surface area contributed by atoms with Crippen molar-refractivity contribution in [2.75, 3.05) is 7.11 Å². The molecular weight excluding hydrogens is 308 g/mol. The molecule has 0 fully saturated rings. The third-order valence-corrected chi connectivity index (χ3v) is 3.68. The van der Waals surface area contributed by atoms with Crippen LogP contribution >= 0.6 is 0 Å². The number of carboxylic acid groups (broad SMARTS) is 1. The molecule has 0 atom stereocenters. The Hall–Kier alpha value is -3.08. The fourth-order valence-corrected chi connectivity index (χ4v) is 2.43. The molecule has 0 aromatic heterocycles. The highest BCUT2D eigenvalue weighted by molar-refractivity contribution is 6.05. The predicted molar refractivity (Wildman–Crippen MR) is 90.7 cm³/mol. The first-order chi connectivity index (χ1) is 11.4. The van der Waals surface area contributed by atoms with Gasteiger partial charge >= 0.3 is 5.97 Å². The molecule has 2 N–H and O–H groups in total. The number of ketones is 1. The molecule has 0 aliphatic carbocycles. The quantitative estimate of drug-likeness (QED) is 0.598. The minimum Gasteiger partial charge on any atom is -0.508 e. The van der Waals surface area contributed by atoms with E-state index in [2.05, 4.69) is 6.58 Å². The molecule has 0 bridgehead atoms. The van der Waals surface area contributed by atoms with Crippen molar-refractivity contribution in [1.82, 2.24) is 0 Å². The van der Waals surface area contributed by atoms with Gasteiger partial charge in [0.25, 0.3) is 0 Å². The molecule has 0 saturated carbocycles. The molecule has 0 aliphatic heterocycles. The van der Waals surface area contributed by atoms with Crippen molar-refractivity contribution >= 4 is 17.5 Å². The number of Topliss-reactive ketones (excluding diaryl/α,β-unsaturated/α-hetero) is 1. The highest BCUT2D eigenvalue weighted by Gasteiger charge is 2.16. The summed E-state index contributed by atoms with van der Waals surface area (Å²) in [4.78, 5) is 23.5. The average Bonchev–Trinajstić information content (AvgIpc) is 2.59. The third kappa shape index (κ3) is 3.81. The van der Waals surface area contributed by atoms with Crippen LogP contribution in [0, 0.1) is 0 Å². The maximum atomic E-state index is 12.3. The summed E-state index contributed by atoms with van der Waals surface area (Å²) < 4.78 is 5.21. The Labute approximate surface area is 139 Å². The Morgan fingerprint density at radius 2 is 1.71 bits per heavy atom. The van der Waals surface area contributed by atoms with E-state index in [1.54, 1.807) is 30.3 Å². The van der Waals surface area contributed by atoms with E-state index >= 15 is 0 Å². The molecule has 0 saturated heterocycles. The molecule has 2 aromatic carbocycles. The summed E-state index contributed by atoms with van der Waals surface area (Å²) in [6.45, 7) is 3.47. The van der Waals surface area contributed by atoms with E-state index in [4.69, 9.17) is 9.84 Å². The van der Waals surface area contributed by atoms with Gasteiger partial charge in [-0.25, -0.2) is 4.79 Å². The highest BCUT2D eigenvalue weighted by Crippen LogP contribution is 2.25. The van der Waals surface area contributed by atoms with Crippen LogP contribution in [0.25, 0.3) is 5.76 Å². The molecule has 124 valence electrons. The summed E-state index contributed by atoms with van der Waals surface area (Å²) in [5.41, 5.74) is 1.55. The molecule has 0 radical (unpaired) electrons. The van der Waals surface area contributed by atoms with Crippen molar-refractivity contribution in [2.24, 2.45) is 0 Å². The van der Waals surface area contributed by atoms with Crippen molar-refractivity contribution in [3.8, 4) is 5.75 Å². The fourth-order valence-electron chi connectivity index (χ4n) is 2.43. The molecule has 2 aromatic rings. The fraction of sp³-hybridized carbons (Fsp3) is 0.158. The van der Waals surface area contributed by atoms with Crippen LogP contribution in [0.4, 0.5) is 0 Å². The standard InChI is InChI=1S/C19H18O5/c1-12(20)14-9-7-13(11-18(14)24-2)8-10-17(21)15-5-3-4-6-16(15)19(22)23/h3-7,9,11,20H,1,8,10H2,2H3,(H,22,23). The molecule has 5 heteroatoms. The number of aromatic carboxylic acids is 1. The van der Waals surface area contributed by atoms with Gasteiger partial charge in [-0.1, -0.05) is 30.8 Å². The molecule has 0 unspecified atom stereocenters. The lowest BCUT2D eigenvalue weighted by atomic mass is 9.98. The number of ether oxygens (including phenoxy) is 1. The number of benzene rings is 2. The lowest BCUT2D eigenvalue weighted by molar-refractivity contribution is 0.0691. The summed E-state index contributed by atoms with van der Waals surface area (Å²) in [5, 5.41) is 18.6. The second-order valence-electron chi connectivity index (χ2n) is 5.26. The zero-order valence-corrected chi connectivity index (χ0v) is 13.3. The lowest BCUT2D eigenvalue weighted by Gasteiger charge is -2.10. The number of carboxylic acids is 1. The van der Waals surface area contributed by atoms with Gasteiger partial charge in [-0.05, 0) is 30.2 Å². The SMILES string of the molecule is C=C(O)c1ccc(CCC(=O)c2ccccc2C(=O)O)cc1OC. The van der Waals surface area contributed by atoms with E-state index in [0.29, 0.717) is 17.7 Å². The van der Waals surface area contributed by atoms with Crippen molar-refractivity contribution in [2.45, 2.75) is 12.8 Å². The number of hydrogen-bond acceptors (Lipinski definition) is 4. The number of carbonyl (C=O) groups is 2. The maximum absolute atomic E-state index is 12.3. The number of aliphatic hydroxyl groups excluding tert-OH is 1. The minimum atomic E-state index is -1.12. The monoisotopic (exact) mass is 326 g/mol. The van der Waals surface area contributed by atoms with E-state index in [9.17, 15) is 14.7 Å². The number of carbonyl (C=O) groups excluding carboxylic acids is 1. The zero-order valence-electron chi connectivity index (χ0n) is 13.3. The second kappa shape index (κ2) is 7.46. The third-order valence-electron chi connectivity index (χ3n) is 3.68. The molecule has 0 heterocycles. The van der Waals surface area contributed by atoms with Crippen LogP contribution in [0.3, 0.4) is 0 Å². The van der Waals surface area contributed by atoms with E-state index in [1.807, 2.05) is 0 Å². The van der Waals surface area contributed by atoms with Gasteiger partial charge in [0.2, 0.25) is 0 Å². The van der Waals surface area contributed by atoms with E-state index in [-0.39, 0.29) is 29.1 Å². The van der Waals surface area contributed by atoms with Gasteiger partial charge in [0.15, 0.2) is 5.78 Å². The summed E-state index contributed by atoms with van der Waals surface area (Å²) in [6, 6.07) is 11.3. The number of hydrogen-bond donors (Lipinski definition) is 2. The van der Waals surface area contributed by atoms with Gasteiger partial charge in [0.05, 0.1) is 18.2 Å². The Kier molecular flexibility index (Phi) is 5.37. The number of methoxy groups -OCH3 is 1. The smallest absolute Gasteiger partial charge is 0.336 e. The van der Waals surface area contributed by atoms with Gasteiger partial charge in [0.1, 0.15) is 11.5 Å². The first-order valence-corrected chi connectivity index (χ1v) is 7.34. The van der Waals surface area contributed by atoms with Crippen LogP contribution in [0.2, 0.25) is 0 Å². The second-order valence-corrected chi connectivity index (χ2v) is 5.26. The Morgan fingerprint density at radius 1 is 1.04 bits per heavy atom. The Morgan fingerprint density at radius 3 is 2.29 bits per heavy atom. The first-order valence-electron chi connectivity index (χ1n) is 7.34. The molecule has 0 amide bonds. The molecule has 0 spiro atoms. The Bertz CT molecular complexity index is 792. The average molecular weight is 326 g/mol. The lowest BCUT2D eigenvalue weighted by Crippen LogP contribution is -2.09. The van der Waals surface area contributed by atoms with Gasteiger partial charge in [-0.15, -0.1) is 0 Å². The van der Waals surface area contributed by atoms with Crippen molar-refractivity contribution in [1.29, 1.82) is 0 Å². The van der Waals surface area contributed by atoms with Crippen molar-refractivity contribution < 1.29 is 24.5 Å². The summed E-state index contributed by atoms with van der Waals surface area (Å²) in [5.74, 6) is -0.975. The summed E-state index contributed by atoms with van der Waals surface area (Å²) >= 11 is 0. The molecular formula is C19H18O5. The molecule has 0 aliphatic rings. The van der Waals surface area contributed by atoms with E-state index in [0.717, 1.165) is 5.56 Å². The van der Waals surface area contributed by atoms with Gasteiger partial charge in [-0.3, -0.25) is 4.79 Å². The maximum Gasteiger partial charge on any atom is 0.336 e. The van der Waals surface area contributed by atoms with Gasteiger partial charge in [0, 0.05) is 12.0 Å². The van der Waals surface area contributed by atoms with Crippen molar-refractivity contribution in [3.05, 3.63) is 71.3 Å². The van der Waals surface area contributed by atoms with Gasteiger partial charge < -0.3 is 14.9 Å². The molecule has 5 nitrogen and oxygen atoms in total. The topological polar surface area (TPSA) is 83.8 Å². The summed E-state index contributed by atoms with van der Waals surface area (Å²) in [6.07, 6.45) is 0.605. The van der Waals surface area contributed by atoms with Crippen molar-refractivity contribution in [3.63, 3.8) is 0 Å². The highest BCUT2D eigenvalue weighted by atomic mass is 16.5. The first kappa shape index (κ1) is 17.3. The minimum absolute atomic E-state index is 0.00649. The van der Waals surface area contributed by atoms with E-state index < -0.39 is 5.97 Å². The Balaban J connectivity index is 2.15. The van der Waals surface area contributed by atoms with Crippen LogP contribution in [0.15, 0.2) is 49.0 Å². The van der Waals surface area contributed by atoms with Crippen LogP contribution in [0.1, 0.15) is 38.3 Å². The summed E-state index contributed by atoms with van der Waals surface area (Å²) in [7, 11) is 1.49. The normalized spacial score (nSPS) is 10.2. The predicted octanol–water partition coefficient (Wildman–Crippen LogP) is 3.74. The number of rotatable bonds is 7. The number of aliphatic hydroxyl groups is 1. The molecule has 2 rings (SSSR count). The largest absolute Gasteiger partial charge is 0.508 e. The van der Waals surface area contributed by atoms with Crippen LogP contribution < -0.4 is 4.74 Å². The van der Waals surface area contributed by atoms with Crippen LogP contribution in [0.5, 0.6) is 5.75 Å². The van der Waals surface area contributed by atoms with Gasteiger partial charge in [-0.2, -0.15) is 0 Å². The zero-order chi connectivity index (χ0) is 17.7. The van der Waals surface area contributed by atoms with E-state index in [1.165, 1.54) is 19.2 Å². The van der Waals surface area contributed by atoms with Crippen LogP contribution in [-0.4, -0.2) is 29.1 Å². The van der Waals surface area contributed by atoms with Crippen LogP contribution in [-0.2, 0) is 6.42 Å². The number of aryl methyl sites for hydroxylation is 1. The molecule has 24 heavy (non-hydrogen) atoms.